The molecule has 0 spiro atoms. The third-order valence-corrected chi connectivity index (χ3v) is 3.92. The van der Waals surface area contributed by atoms with Gasteiger partial charge < -0.3 is 20.5 Å². The fraction of sp³-hybridized carbons (Fsp3) is 0.500. The van der Waals surface area contributed by atoms with Crippen molar-refractivity contribution in [3.05, 3.63) is 41.9 Å². The average molecular weight is 542 g/mol. The number of guanidine groups is 1. The molecule has 2 heterocycles. The summed E-state index contributed by atoms with van der Waals surface area (Å²) in [6, 6.07) is 2.09. The van der Waals surface area contributed by atoms with Crippen LogP contribution in [0.5, 0.6) is 5.88 Å². The molecule has 168 valence electrons. The Labute approximate surface area is 190 Å². The Kier molecular flexibility index (Phi) is 9.81. The van der Waals surface area contributed by atoms with Gasteiger partial charge in [-0.1, -0.05) is 0 Å². The Morgan fingerprint density at radius 2 is 1.97 bits per heavy atom. The second-order valence-corrected chi connectivity index (χ2v) is 6.53. The second kappa shape index (κ2) is 11.3. The van der Waals surface area contributed by atoms with Crippen molar-refractivity contribution in [3.63, 3.8) is 0 Å². The molecule has 0 aliphatic carbocycles. The molecule has 1 unspecified atom stereocenters. The van der Waals surface area contributed by atoms with E-state index in [0.29, 0.717) is 24.6 Å². The van der Waals surface area contributed by atoms with Crippen molar-refractivity contribution < 1.29 is 23.0 Å². The number of aliphatic hydroxyl groups is 1. The zero-order valence-electron chi connectivity index (χ0n) is 16.9. The molecule has 2 aromatic rings. The van der Waals surface area contributed by atoms with Crippen molar-refractivity contribution in [1.82, 2.24) is 25.4 Å². The number of aliphatic imine (C=N–C) groups is 1. The van der Waals surface area contributed by atoms with E-state index in [1.165, 1.54) is 6.07 Å². The van der Waals surface area contributed by atoms with Crippen LogP contribution in [0, 0.1) is 0 Å². The van der Waals surface area contributed by atoms with E-state index in [1.54, 1.807) is 31.0 Å². The number of halogens is 4. The quantitative estimate of drug-likeness (QED) is 0.205. The summed E-state index contributed by atoms with van der Waals surface area (Å²) < 4.78 is 44.5. The standard InChI is InChI=1S/C18H25F3N6O2.HI/c1-4-22-16(25-12-17(2,28)14-10-26-27(3)11-14)23-7-8-29-15-6-5-13(9-24-15)18(19,20)21;/h5-6,9-11,28H,4,7-8,12H2,1-3H3,(H2,22,23,25);1H. The SMILES string of the molecule is CCNC(=NCC(C)(O)c1cnn(C)c1)NCCOc1ccc(C(F)(F)F)cn1.I. The predicted molar refractivity (Wildman–Crippen MR) is 117 cm³/mol. The molecule has 30 heavy (non-hydrogen) atoms. The maximum Gasteiger partial charge on any atom is 0.417 e. The van der Waals surface area contributed by atoms with Gasteiger partial charge in [-0.25, -0.2) is 9.98 Å². The van der Waals surface area contributed by atoms with E-state index in [9.17, 15) is 18.3 Å². The van der Waals surface area contributed by atoms with Crippen LogP contribution in [0.4, 0.5) is 13.2 Å². The van der Waals surface area contributed by atoms with Crippen LogP contribution in [0.1, 0.15) is 25.0 Å². The first kappa shape index (κ1) is 25.9. The van der Waals surface area contributed by atoms with Gasteiger partial charge in [-0.2, -0.15) is 18.3 Å². The zero-order chi connectivity index (χ0) is 21.5. The lowest BCUT2D eigenvalue weighted by atomic mass is 10.0. The number of hydrogen-bond acceptors (Lipinski definition) is 5. The summed E-state index contributed by atoms with van der Waals surface area (Å²) in [6.07, 6.45) is -0.391. The van der Waals surface area contributed by atoms with Crippen LogP contribution in [0.2, 0.25) is 0 Å². The number of nitrogens with one attached hydrogen (secondary N) is 2. The smallest absolute Gasteiger partial charge is 0.417 e. The molecule has 0 fully saturated rings. The topological polar surface area (TPSA) is 96.6 Å². The highest BCUT2D eigenvalue weighted by Gasteiger charge is 2.30. The summed E-state index contributed by atoms with van der Waals surface area (Å²) in [6.45, 7) is 4.78. The first-order chi connectivity index (χ1) is 13.6. The van der Waals surface area contributed by atoms with Crippen LogP contribution < -0.4 is 15.4 Å². The average Bonchev–Trinajstić information content (AvgIpc) is 3.10. The van der Waals surface area contributed by atoms with E-state index in [1.807, 2.05) is 6.92 Å². The van der Waals surface area contributed by atoms with Crippen molar-refractivity contribution in [2.45, 2.75) is 25.6 Å². The molecule has 0 aliphatic heterocycles. The maximum absolute atomic E-state index is 12.5. The Morgan fingerprint density at radius 3 is 2.50 bits per heavy atom. The van der Waals surface area contributed by atoms with E-state index >= 15 is 0 Å². The summed E-state index contributed by atoms with van der Waals surface area (Å²) in [5.41, 5.74) is -1.36. The highest BCUT2D eigenvalue weighted by atomic mass is 127. The fourth-order valence-corrected chi connectivity index (χ4v) is 2.32. The number of aromatic nitrogens is 3. The molecular weight excluding hydrogens is 516 g/mol. The largest absolute Gasteiger partial charge is 0.476 e. The van der Waals surface area contributed by atoms with Crippen molar-refractivity contribution in [2.75, 3.05) is 26.2 Å². The summed E-state index contributed by atoms with van der Waals surface area (Å²) in [7, 11) is 1.76. The molecule has 0 bridgehead atoms. The van der Waals surface area contributed by atoms with E-state index in [2.05, 4.69) is 25.7 Å². The fourth-order valence-electron chi connectivity index (χ4n) is 2.32. The molecule has 0 radical (unpaired) electrons. The van der Waals surface area contributed by atoms with E-state index in [0.717, 1.165) is 12.3 Å². The molecule has 3 N–H and O–H groups in total. The van der Waals surface area contributed by atoms with Gasteiger partial charge >= 0.3 is 6.18 Å². The first-order valence-electron chi connectivity index (χ1n) is 9.01. The van der Waals surface area contributed by atoms with Crippen LogP contribution in [0.3, 0.4) is 0 Å². The van der Waals surface area contributed by atoms with Crippen molar-refractivity contribution in [1.29, 1.82) is 0 Å². The Balaban J connectivity index is 0.00000450. The minimum Gasteiger partial charge on any atom is -0.476 e. The summed E-state index contributed by atoms with van der Waals surface area (Å²) >= 11 is 0. The molecule has 0 amide bonds. The van der Waals surface area contributed by atoms with Gasteiger partial charge in [-0.3, -0.25) is 4.68 Å². The number of rotatable bonds is 8. The number of hydrogen-bond donors (Lipinski definition) is 3. The molecule has 1 atom stereocenters. The van der Waals surface area contributed by atoms with Gasteiger partial charge in [0.15, 0.2) is 5.96 Å². The van der Waals surface area contributed by atoms with Gasteiger partial charge in [-0.05, 0) is 19.9 Å². The van der Waals surface area contributed by atoms with Gasteiger partial charge in [0, 0.05) is 37.6 Å². The van der Waals surface area contributed by atoms with Crippen LogP contribution in [0.15, 0.2) is 35.7 Å². The molecule has 2 aromatic heterocycles. The molecule has 12 heteroatoms. The highest BCUT2D eigenvalue weighted by molar-refractivity contribution is 14.0. The van der Waals surface area contributed by atoms with Crippen molar-refractivity contribution in [2.24, 2.45) is 12.0 Å². The number of ether oxygens (including phenoxy) is 1. The van der Waals surface area contributed by atoms with Gasteiger partial charge in [0.1, 0.15) is 12.2 Å². The molecule has 0 saturated heterocycles. The van der Waals surface area contributed by atoms with Crippen molar-refractivity contribution >= 4 is 29.9 Å². The second-order valence-electron chi connectivity index (χ2n) is 6.53. The first-order valence-corrected chi connectivity index (χ1v) is 9.01. The lowest BCUT2D eigenvalue weighted by Crippen LogP contribution is -2.40. The summed E-state index contributed by atoms with van der Waals surface area (Å²) in [5.74, 6) is 0.571. The third kappa shape index (κ3) is 7.97. The maximum atomic E-state index is 12.5. The predicted octanol–water partition coefficient (Wildman–Crippen LogP) is 2.29. The Hall–Kier alpha value is -2.09. The minimum absolute atomic E-state index is 0. The Morgan fingerprint density at radius 1 is 1.23 bits per heavy atom. The highest BCUT2D eigenvalue weighted by Crippen LogP contribution is 2.29. The Bertz CT molecular complexity index is 809. The number of aryl methyl sites for hydroxylation is 1. The van der Waals surface area contributed by atoms with Crippen LogP contribution in [-0.2, 0) is 18.8 Å². The van der Waals surface area contributed by atoms with E-state index in [4.69, 9.17) is 4.74 Å². The van der Waals surface area contributed by atoms with Crippen LogP contribution in [-0.4, -0.2) is 52.1 Å². The van der Waals surface area contributed by atoms with Crippen molar-refractivity contribution in [3.8, 4) is 5.88 Å². The molecule has 8 nitrogen and oxygen atoms in total. The molecular formula is C18H26F3IN6O2. The molecule has 0 aliphatic rings. The molecule has 0 aromatic carbocycles. The third-order valence-electron chi connectivity index (χ3n) is 3.92. The number of nitrogens with zero attached hydrogens (tertiary/aromatic N) is 4. The zero-order valence-corrected chi connectivity index (χ0v) is 19.2. The van der Waals surface area contributed by atoms with E-state index < -0.39 is 17.3 Å². The number of pyridine rings is 1. The van der Waals surface area contributed by atoms with Crippen LogP contribution >= 0.6 is 24.0 Å². The lowest BCUT2D eigenvalue weighted by molar-refractivity contribution is -0.137. The van der Waals surface area contributed by atoms with Gasteiger partial charge in [0.2, 0.25) is 5.88 Å². The van der Waals surface area contributed by atoms with Gasteiger partial charge in [0.05, 0.1) is 24.8 Å². The monoisotopic (exact) mass is 542 g/mol. The van der Waals surface area contributed by atoms with Crippen LogP contribution in [0.25, 0.3) is 0 Å². The number of alkyl halides is 3. The van der Waals surface area contributed by atoms with Gasteiger partial charge in [-0.15, -0.1) is 24.0 Å². The summed E-state index contributed by atoms with van der Waals surface area (Å²) in [4.78, 5) is 8.01. The normalized spacial score (nSPS) is 13.9. The molecule has 0 saturated carbocycles. The lowest BCUT2D eigenvalue weighted by Gasteiger charge is -2.20. The minimum atomic E-state index is -4.43. The van der Waals surface area contributed by atoms with E-state index in [-0.39, 0.29) is 43.0 Å². The van der Waals surface area contributed by atoms with Gasteiger partial charge in [0.25, 0.3) is 0 Å². The summed E-state index contributed by atoms with van der Waals surface area (Å²) in [5, 5.41) is 20.7. The molecule has 2 rings (SSSR count).